The van der Waals surface area contributed by atoms with Crippen LogP contribution < -0.4 is 5.32 Å². The lowest BCUT2D eigenvalue weighted by Crippen LogP contribution is -2.33. The van der Waals surface area contributed by atoms with E-state index >= 15 is 0 Å². The van der Waals surface area contributed by atoms with E-state index in [-0.39, 0.29) is 6.17 Å². The molecule has 50 heavy (non-hydrogen) atoms. The highest BCUT2D eigenvalue weighted by molar-refractivity contribution is 7.99. The Morgan fingerprint density at radius 1 is 0.620 bits per heavy atom. The number of hydrogen-bond donors (Lipinski definition) is 1. The number of fused-ring (bicyclic) bond motifs is 5. The molecule has 2 aliphatic rings. The van der Waals surface area contributed by atoms with Crippen molar-refractivity contribution in [3.63, 3.8) is 0 Å². The van der Waals surface area contributed by atoms with Gasteiger partial charge >= 0.3 is 0 Å². The third kappa shape index (κ3) is 5.66. The first kappa shape index (κ1) is 30.2. The minimum Gasteiger partial charge on any atom is -0.344 e. The van der Waals surface area contributed by atoms with Gasteiger partial charge in [0.1, 0.15) is 12.0 Å². The molecule has 0 aliphatic carbocycles. The minimum atomic E-state index is -0.240. The second-order valence-electron chi connectivity index (χ2n) is 12.5. The average molecular weight is 663 g/mol. The Kier molecular flexibility index (Phi) is 7.96. The second-order valence-corrected chi connectivity index (χ2v) is 13.6. The zero-order valence-electron chi connectivity index (χ0n) is 27.4. The Balaban J connectivity index is 1.21. The van der Waals surface area contributed by atoms with Gasteiger partial charge in [0.25, 0.3) is 0 Å². The number of nitrogens with zero attached hydrogens (tertiary/aromatic N) is 3. The summed E-state index contributed by atoms with van der Waals surface area (Å²) in [5.74, 6) is 2.45. The molecule has 0 bridgehead atoms. The Morgan fingerprint density at radius 3 is 2.08 bits per heavy atom. The van der Waals surface area contributed by atoms with Gasteiger partial charge < -0.3 is 9.88 Å². The predicted molar refractivity (Wildman–Crippen MR) is 211 cm³/mol. The van der Waals surface area contributed by atoms with Crippen LogP contribution in [-0.2, 0) is 6.42 Å². The number of hydrogen-bond acceptors (Lipinski definition) is 4. The molecule has 0 radical (unpaired) electrons. The van der Waals surface area contributed by atoms with Crippen molar-refractivity contribution in [2.24, 2.45) is 9.98 Å². The topological polar surface area (TPSA) is 41.7 Å². The van der Waals surface area contributed by atoms with Crippen molar-refractivity contribution in [3.05, 3.63) is 192 Å². The first-order valence-electron chi connectivity index (χ1n) is 17.0. The van der Waals surface area contributed by atoms with Gasteiger partial charge in [0.2, 0.25) is 0 Å². The summed E-state index contributed by atoms with van der Waals surface area (Å²) in [7, 11) is 0. The number of amidine groups is 2. The van der Waals surface area contributed by atoms with Crippen LogP contribution in [0.5, 0.6) is 0 Å². The fourth-order valence-electron chi connectivity index (χ4n) is 6.94. The lowest BCUT2D eigenvalue weighted by atomic mass is 10.0. The SMILES string of the molecule is C1=C\CSc2c(ccc3c4ccc(-c5ccccc5)cc4n(-c4ccc(C5=NC(c6ccccc6)NC(c6ccccc6)=N5)cc4)c23)C\C=C/1. The van der Waals surface area contributed by atoms with Gasteiger partial charge in [-0.3, -0.25) is 0 Å². The number of rotatable bonds is 5. The normalized spacial score (nSPS) is 17.1. The molecule has 0 saturated heterocycles. The number of thioether (sulfide) groups is 1. The van der Waals surface area contributed by atoms with Gasteiger partial charge in [-0.05, 0) is 59.0 Å². The molecule has 9 rings (SSSR count). The molecule has 0 amide bonds. The van der Waals surface area contributed by atoms with Gasteiger partial charge in [0, 0.05) is 38.2 Å². The van der Waals surface area contributed by atoms with Crippen LogP contribution in [0.25, 0.3) is 38.6 Å². The lowest BCUT2D eigenvalue weighted by molar-refractivity contribution is 0.674. The van der Waals surface area contributed by atoms with E-state index in [1.165, 1.54) is 43.4 Å². The molecule has 1 N–H and O–H groups in total. The number of allylic oxidation sites excluding steroid dienone is 3. The summed E-state index contributed by atoms with van der Waals surface area (Å²) in [6, 6.07) is 51.6. The van der Waals surface area contributed by atoms with Crippen molar-refractivity contribution < 1.29 is 0 Å². The summed E-state index contributed by atoms with van der Waals surface area (Å²) in [4.78, 5) is 11.5. The number of aliphatic imine (C=N–C) groups is 2. The van der Waals surface area contributed by atoms with Crippen molar-refractivity contribution in [1.29, 1.82) is 0 Å². The summed E-state index contributed by atoms with van der Waals surface area (Å²) in [6.45, 7) is 0. The van der Waals surface area contributed by atoms with Crippen LogP contribution in [0, 0.1) is 0 Å². The quantitative estimate of drug-likeness (QED) is 0.199. The van der Waals surface area contributed by atoms with Gasteiger partial charge in [0.05, 0.1) is 11.0 Å². The average Bonchev–Trinajstić information content (AvgIpc) is 3.58. The minimum absolute atomic E-state index is 0.240. The molecule has 1 unspecified atom stereocenters. The molecular weight excluding hydrogens is 629 g/mol. The molecule has 4 nitrogen and oxygen atoms in total. The van der Waals surface area contributed by atoms with Crippen LogP contribution in [0.3, 0.4) is 0 Å². The van der Waals surface area contributed by atoms with Gasteiger partial charge in [-0.2, -0.15) is 0 Å². The first-order chi connectivity index (χ1) is 24.8. The van der Waals surface area contributed by atoms with Gasteiger partial charge in [-0.15, -0.1) is 11.8 Å². The fraction of sp³-hybridized carbons (Fsp3) is 0.0667. The number of aromatic nitrogens is 1. The van der Waals surface area contributed by atoms with Crippen molar-refractivity contribution in [1.82, 2.24) is 9.88 Å². The van der Waals surface area contributed by atoms with Crippen LogP contribution >= 0.6 is 11.8 Å². The van der Waals surface area contributed by atoms with Gasteiger partial charge in [0.15, 0.2) is 5.84 Å². The van der Waals surface area contributed by atoms with Crippen LogP contribution in [0.2, 0.25) is 0 Å². The molecule has 240 valence electrons. The molecular formula is C45H34N4S. The maximum absolute atomic E-state index is 5.12. The molecule has 0 saturated carbocycles. The molecule has 3 heterocycles. The summed E-state index contributed by atoms with van der Waals surface area (Å²) in [5, 5.41) is 6.09. The van der Waals surface area contributed by atoms with E-state index in [1.54, 1.807) is 0 Å². The number of benzene rings is 6. The predicted octanol–water partition coefficient (Wildman–Crippen LogP) is 10.7. The molecule has 0 fully saturated rings. The molecule has 1 aromatic heterocycles. The zero-order chi connectivity index (χ0) is 33.3. The van der Waals surface area contributed by atoms with E-state index in [1.807, 2.05) is 36.0 Å². The Bertz CT molecular complexity index is 2460. The molecule has 5 heteroatoms. The zero-order valence-corrected chi connectivity index (χ0v) is 28.2. The van der Waals surface area contributed by atoms with Gasteiger partial charge in [-0.25, -0.2) is 9.98 Å². The Hall–Kier alpha value is -5.91. The lowest BCUT2D eigenvalue weighted by Gasteiger charge is -2.23. The number of nitrogens with one attached hydrogen (secondary N) is 1. The second kappa shape index (κ2) is 13.2. The molecule has 7 aromatic rings. The third-order valence-corrected chi connectivity index (χ3v) is 10.5. The van der Waals surface area contributed by atoms with E-state index in [9.17, 15) is 0 Å². The summed E-state index contributed by atoms with van der Waals surface area (Å²) in [5.41, 5.74) is 10.4. The van der Waals surface area contributed by atoms with E-state index in [0.717, 1.165) is 40.4 Å². The highest BCUT2D eigenvalue weighted by atomic mass is 32.2. The van der Waals surface area contributed by atoms with Crippen LogP contribution in [0.15, 0.2) is 185 Å². The highest BCUT2D eigenvalue weighted by Gasteiger charge is 2.22. The van der Waals surface area contributed by atoms with Crippen LogP contribution in [-0.4, -0.2) is 22.0 Å². The fourth-order valence-corrected chi connectivity index (χ4v) is 7.99. The molecule has 0 spiro atoms. The standard InChI is InChI=1S/C45H34N4S/c1-2-13-29-50-42-32(16-6-1)23-28-39-38-27-24-36(31-14-7-3-8-15-31)30-40(38)49(41(39)42)37-25-21-35(22-26-37)45-47-43(33-17-9-4-10-18-33)46-44(48-45)34-19-11-5-12-20-34/h1-15,17-28,30,43H,16,29H2,(H,46,47,48)/b6-1-,13-2-. The molecule has 6 aromatic carbocycles. The maximum atomic E-state index is 5.12. The van der Waals surface area contributed by atoms with Crippen molar-refractivity contribution in [3.8, 4) is 16.8 Å². The smallest absolute Gasteiger partial charge is 0.159 e. The Morgan fingerprint density at radius 2 is 1.30 bits per heavy atom. The summed E-state index contributed by atoms with van der Waals surface area (Å²) >= 11 is 1.92. The summed E-state index contributed by atoms with van der Waals surface area (Å²) < 4.78 is 2.47. The summed E-state index contributed by atoms with van der Waals surface area (Å²) in [6.07, 6.45) is 9.49. The first-order valence-corrected chi connectivity index (χ1v) is 18.0. The van der Waals surface area contributed by atoms with E-state index in [2.05, 4.69) is 156 Å². The molecule has 1 atom stereocenters. The van der Waals surface area contributed by atoms with Crippen LogP contribution in [0.4, 0.5) is 0 Å². The van der Waals surface area contributed by atoms with Gasteiger partial charge in [-0.1, -0.05) is 140 Å². The van der Waals surface area contributed by atoms with E-state index in [4.69, 9.17) is 9.98 Å². The maximum Gasteiger partial charge on any atom is 0.159 e. The van der Waals surface area contributed by atoms with Crippen molar-refractivity contribution in [2.75, 3.05) is 5.75 Å². The van der Waals surface area contributed by atoms with E-state index in [0.29, 0.717) is 5.84 Å². The highest BCUT2D eigenvalue weighted by Crippen LogP contribution is 2.41. The third-order valence-electron chi connectivity index (χ3n) is 9.41. The van der Waals surface area contributed by atoms with E-state index < -0.39 is 0 Å². The Labute approximate surface area is 296 Å². The van der Waals surface area contributed by atoms with Crippen molar-refractivity contribution >= 4 is 45.2 Å². The monoisotopic (exact) mass is 662 g/mol. The largest absolute Gasteiger partial charge is 0.344 e. The van der Waals surface area contributed by atoms with Crippen LogP contribution in [0.1, 0.15) is 28.4 Å². The molecule has 2 aliphatic heterocycles. The van der Waals surface area contributed by atoms with Crippen molar-refractivity contribution in [2.45, 2.75) is 17.5 Å².